The van der Waals surface area contributed by atoms with Crippen molar-refractivity contribution in [3.63, 3.8) is 0 Å². The van der Waals surface area contributed by atoms with E-state index in [1.165, 1.54) is 19.3 Å². The standard InChI is InChI=1S/C35H50FN5O4/c1-39(2)24-11-9-23(10-12-24)38-35(43)27-21-41-29-13-8-22-6-3-4-7-25(22)33(29)45-34-30(28(36)20-26(31(34)41)32(27)42)37-14-5-15-40-16-18-44-19-17-40/h9-12,21-22,25-26,28-31,33-34,37H,3-8,13-20H2,1-2H3,(H,38,43). The van der Waals surface area contributed by atoms with Crippen molar-refractivity contribution in [3.8, 4) is 0 Å². The number of hydrogen-bond acceptors (Lipinski definition) is 8. The van der Waals surface area contributed by atoms with Gasteiger partial charge in [-0.05, 0) is 81.3 Å². The van der Waals surface area contributed by atoms with Gasteiger partial charge in [0.05, 0.1) is 49.1 Å². The zero-order valence-electron chi connectivity index (χ0n) is 26.8. The first-order chi connectivity index (χ1) is 21.9. The van der Waals surface area contributed by atoms with E-state index in [0.29, 0.717) is 24.1 Å². The van der Waals surface area contributed by atoms with Crippen LogP contribution in [0.4, 0.5) is 15.8 Å². The van der Waals surface area contributed by atoms with Crippen molar-refractivity contribution in [2.45, 2.75) is 87.9 Å². The summed E-state index contributed by atoms with van der Waals surface area (Å²) in [5.41, 5.74) is 1.80. The number of carbonyl (C=O) groups is 2. The summed E-state index contributed by atoms with van der Waals surface area (Å²) in [6.45, 7) is 5.08. The minimum Gasteiger partial charge on any atom is -0.379 e. The van der Waals surface area contributed by atoms with Crippen LogP contribution in [-0.2, 0) is 19.1 Å². The molecule has 9 atom stereocenters. The van der Waals surface area contributed by atoms with Crippen LogP contribution >= 0.6 is 0 Å². The Morgan fingerprint density at radius 3 is 2.60 bits per heavy atom. The fourth-order valence-corrected chi connectivity index (χ4v) is 9.20. The van der Waals surface area contributed by atoms with Gasteiger partial charge in [-0.15, -0.1) is 0 Å². The average Bonchev–Trinajstić information content (AvgIpc) is 3.05. The number of ether oxygens (including phenoxy) is 2. The van der Waals surface area contributed by atoms with Gasteiger partial charge in [-0.1, -0.05) is 19.3 Å². The molecule has 246 valence electrons. The van der Waals surface area contributed by atoms with E-state index in [0.717, 1.165) is 64.2 Å². The monoisotopic (exact) mass is 623 g/mol. The van der Waals surface area contributed by atoms with E-state index in [4.69, 9.17) is 9.47 Å². The molecule has 1 amide bonds. The van der Waals surface area contributed by atoms with E-state index >= 15 is 4.39 Å². The molecular formula is C35H50FN5O4. The number of nitrogens with zero attached hydrogens (tertiary/aromatic N) is 3. The van der Waals surface area contributed by atoms with Gasteiger partial charge in [0.2, 0.25) is 0 Å². The third-order valence-corrected chi connectivity index (χ3v) is 11.5. The molecule has 9 nitrogen and oxygen atoms in total. The highest BCUT2D eigenvalue weighted by atomic mass is 19.1. The van der Waals surface area contributed by atoms with Crippen molar-refractivity contribution in [3.05, 3.63) is 36.0 Å². The number of morpholine rings is 2. The second kappa shape index (κ2) is 13.3. The molecule has 3 aliphatic heterocycles. The maximum Gasteiger partial charge on any atom is 0.260 e. The number of amides is 1. The zero-order valence-corrected chi connectivity index (χ0v) is 26.8. The van der Waals surface area contributed by atoms with Crippen molar-refractivity contribution >= 4 is 23.1 Å². The summed E-state index contributed by atoms with van der Waals surface area (Å²) in [4.78, 5) is 34.4. The smallest absolute Gasteiger partial charge is 0.260 e. The number of anilines is 2. The van der Waals surface area contributed by atoms with Gasteiger partial charge in [0.15, 0.2) is 5.78 Å². The van der Waals surface area contributed by atoms with Gasteiger partial charge >= 0.3 is 0 Å². The van der Waals surface area contributed by atoms with Gasteiger partial charge in [-0.3, -0.25) is 14.5 Å². The summed E-state index contributed by atoms with van der Waals surface area (Å²) in [6, 6.07) is 6.93. The quantitative estimate of drug-likeness (QED) is 0.336. The molecule has 10 heteroatoms. The summed E-state index contributed by atoms with van der Waals surface area (Å²) in [7, 11) is 3.93. The molecule has 0 radical (unpaired) electrons. The Morgan fingerprint density at radius 2 is 1.82 bits per heavy atom. The number of ketones is 1. The lowest BCUT2D eigenvalue weighted by Gasteiger charge is -2.61. The fraction of sp³-hybridized carbons (Fsp3) is 0.714. The molecule has 2 saturated heterocycles. The molecule has 0 aromatic heterocycles. The van der Waals surface area contributed by atoms with Crippen LogP contribution in [0.2, 0.25) is 0 Å². The number of fused-ring (bicyclic) bond motifs is 4. The van der Waals surface area contributed by atoms with E-state index < -0.39 is 30.1 Å². The molecule has 0 spiro atoms. The van der Waals surface area contributed by atoms with Crippen LogP contribution in [-0.4, -0.2) is 111 Å². The normalized spacial score (nSPS) is 36.3. The lowest BCUT2D eigenvalue weighted by Crippen LogP contribution is -2.74. The molecule has 1 aromatic rings. The molecule has 1 aromatic carbocycles. The molecule has 3 heterocycles. The second-order valence-corrected chi connectivity index (χ2v) is 14.3. The lowest BCUT2D eigenvalue weighted by atomic mass is 9.64. The van der Waals surface area contributed by atoms with Gasteiger partial charge in [-0.2, -0.15) is 0 Å². The molecule has 3 saturated carbocycles. The molecule has 2 N–H and O–H groups in total. The topological polar surface area (TPSA) is 86.4 Å². The molecule has 5 fully saturated rings. The van der Waals surface area contributed by atoms with E-state index in [1.54, 1.807) is 0 Å². The number of Topliss-reactive ketones (excluding diaryl/α,β-unsaturated/α-hetero) is 1. The SMILES string of the molecule is CN(C)c1ccc(NC(=O)C2=CN3C4CCC5CCCCC5C4OC4C(NCCCN5CCOCC5)C(F)CC(C2=O)C43)cc1. The molecule has 45 heavy (non-hydrogen) atoms. The van der Waals surface area contributed by atoms with E-state index in [-0.39, 0.29) is 36.0 Å². The maximum absolute atomic E-state index is 16.2. The van der Waals surface area contributed by atoms with Gasteiger partial charge < -0.3 is 29.9 Å². The highest BCUT2D eigenvalue weighted by Crippen LogP contribution is 2.50. The van der Waals surface area contributed by atoms with Gasteiger partial charge in [0.1, 0.15) is 6.17 Å². The highest BCUT2D eigenvalue weighted by Gasteiger charge is 2.60. The van der Waals surface area contributed by atoms with Crippen molar-refractivity contribution in [1.29, 1.82) is 0 Å². The number of alkyl halides is 1. The van der Waals surface area contributed by atoms with Crippen LogP contribution in [0.25, 0.3) is 0 Å². The Morgan fingerprint density at radius 1 is 1.04 bits per heavy atom. The fourth-order valence-electron chi connectivity index (χ4n) is 9.20. The van der Waals surface area contributed by atoms with Crippen molar-refractivity contribution < 1.29 is 23.5 Å². The molecule has 0 bridgehead atoms. The first-order valence-corrected chi connectivity index (χ1v) is 17.3. The number of benzene rings is 1. The van der Waals surface area contributed by atoms with E-state index in [9.17, 15) is 9.59 Å². The van der Waals surface area contributed by atoms with Crippen LogP contribution in [0, 0.1) is 17.8 Å². The summed E-state index contributed by atoms with van der Waals surface area (Å²) < 4.78 is 28.8. The first-order valence-electron chi connectivity index (χ1n) is 17.3. The summed E-state index contributed by atoms with van der Waals surface area (Å²) in [6.07, 6.45) is 8.13. The molecule has 6 aliphatic rings. The van der Waals surface area contributed by atoms with Gasteiger partial charge in [-0.25, -0.2) is 4.39 Å². The minimum absolute atomic E-state index is 0.0127. The Kier molecular flexibility index (Phi) is 9.19. The highest BCUT2D eigenvalue weighted by molar-refractivity contribution is 6.24. The van der Waals surface area contributed by atoms with Crippen LogP contribution in [0.3, 0.4) is 0 Å². The second-order valence-electron chi connectivity index (χ2n) is 14.3. The van der Waals surface area contributed by atoms with E-state index in [1.807, 2.05) is 49.5 Å². The predicted octanol–water partition coefficient (Wildman–Crippen LogP) is 3.60. The van der Waals surface area contributed by atoms with Crippen molar-refractivity contribution in [1.82, 2.24) is 15.1 Å². The number of hydrogen-bond donors (Lipinski definition) is 2. The van der Waals surface area contributed by atoms with Crippen LogP contribution in [0.15, 0.2) is 36.0 Å². The minimum atomic E-state index is -1.23. The third-order valence-electron chi connectivity index (χ3n) is 11.5. The average molecular weight is 624 g/mol. The Labute approximate surface area is 266 Å². The number of carbonyl (C=O) groups excluding carboxylic acids is 2. The number of rotatable bonds is 8. The zero-order chi connectivity index (χ0) is 31.1. The largest absolute Gasteiger partial charge is 0.379 e. The molecule has 9 unspecified atom stereocenters. The third kappa shape index (κ3) is 6.15. The molecule has 7 rings (SSSR count). The summed E-state index contributed by atoms with van der Waals surface area (Å²) in [5.74, 6) is -0.202. The van der Waals surface area contributed by atoms with Crippen LogP contribution in [0.5, 0.6) is 0 Å². The van der Waals surface area contributed by atoms with Crippen LogP contribution < -0.4 is 15.5 Å². The molecular weight excluding hydrogens is 573 g/mol. The van der Waals surface area contributed by atoms with Crippen molar-refractivity contribution in [2.75, 3.05) is 63.7 Å². The summed E-state index contributed by atoms with van der Waals surface area (Å²) in [5, 5.41) is 6.52. The molecule has 3 aliphatic carbocycles. The lowest BCUT2D eigenvalue weighted by molar-refractivity contribution is -0.220. The van der Waals surface area contributed by atoms with Gasteiger partial charge in [0.25, 0.3) is 5.91 Å². The first kappa shape index (κ1) is 31.1. The Hall–Kier alpha value is -2.53. The summed E-state index contributed by atoms with van der Waals surface area (Å²) >= 11 is 0. The Bertz CT molecular complexity index is 1250. The number of nitrogens with one attached hydrogen (secondary N) is 2. The van der Waals surface area contributed by atoms with Crippen LogP contribution in [0.1, 0.15) is 51.4 Å². The Balaban J connectivity index is 1.14. The number of halogens is 1. The maximum atomic E-state index is 16.2. The van der Waals surface area contributed by atoms with Crippen molar-refractivity contribution in [2.24, 2.45) is 17.8 Å². The van der Waals surface area contributed by atoms with Gasteiger partial charge in [0, 0.05) is 50.7 Å². The van der Waals surface area contributed by atoms with E-state index in [2.05, 4.69) is 20.4 Å². The predicted molar refractivity (Wildman–Crippen MR) is 172 cm³/mol.